The van der Waals surface area contributed by atoms with E-state index in [9.17, 15) is 9.59 Å². The highest BCUT2D eigenvalue weighted by atomic mass is 16.5. The molecule has 2 N–H and O–H groups in total. The number of nitrogens with one attached hydrogen (secondary N) is 2. The van der Waals surface area contributed by atoms with Crippen molar-refractivity contribution in [1.82, 2.24) is 9.97 Å². The number of carbonyl (C=O) groups is 2. The van der Waals surface area contributed by atoms with Crippen molar-refractivity contribution < 1.29 is 14.3 Å². The second kappa shape index (κ2) is 8.83. The summed E-state index contributed by atoms with van der Waals surface area (Å²) in [6.45, 7) is 0.0511. The van der Waals surface area contributed by atoms with Crippen LogP contribution in [0.2, 0.25) is 0 Å². The largest absolute Gasteiger partial charge is 0.421 e. The number of carbonyl (C=O) groups excluding carboxylic acids is 2. The zero-order valence-corrected chi connectivity index (χ0v) is 15.9. The Morgan fingerprint density at radius 1 is 0.833 bits per heavy atom. The van der Waals surface area contributed by atoms with Crippen LogP contribution in [0.25, 0.3) is 10.8 Å². The van der Waals surface area contributed by atoms with E-state index in [0.29, 0.717) is 22.7 Å². The highest BCUT2D eigenvalue weighted by Gasteiger charge is 2.10. The maximum absolute atomic E-state index is 12.3. The minimum absolute atomic E-state index is 0.0511. The summed E-state index contributed by atoms with van der Waals surface area (Å²) >= 11 is 0. The number of esters is 1. The van der Waals surface area contributed by atoms with Crippen molar-refractivity contribution in [2.24, 2.45) is 0 Å². The molecule has 0 radical (unpaired) electrons. The SMILES string of the molecule is O=C(CNc1cccc(C(=O)Oc2cccnc2)c1)Nc1ccc2cnccc2c1. The zero-order valence-electron chi connectivity index (χ0n) is 15.9. The number of amides is 1. The van der Waals surface area contributed by atoms with Gasteiger partial charge in [0, 0.05) is 35.4 Å². The Bertz CT molecular complexity index is 1200. The van der Waals surface area contributed by atoms with Crippen LogP contribution in [0.4, 0.5) is 11.4 Å². The predicted octanol–water partition coefficient (Wildman–Crippen LogP) is 3.90. The molecule has 0 fully saturated rings. The van der Waals surface area contributed by atoms with E-state index in [2.05, 4.69) is 20.6 Å². The van der Waals surface area contributed by atoms with E-state index in [1.54, 1.807) is 55.0 Å². The fourth-order valence-electron chi connectivity index (χ4n) is 2.88. The Hall–Kier alpha value is -4.26. The Labute approximate surface area is 172 Å². The van der Waals surface area contributed by atoms with Crippen LogP contribution >= 0.6 is 0 Å². The van der Waals surface area contributed by atoms with Gasteiger partial charge < -0.3 is 15.4 Å². The summed E-state index contributed by atoms with van der Waals surface area (Å²) in [6, 6.07) is 17.6. The van der Waals surface area contributed by atoms with Gasteiger partial charge in [0.25, 0.3) is 0 Å². The van der Waals surface area contributed by atoms with Crippen LogP contribution in [0.5, 0.6) is 5.75 Å². The van der Waals surface area contributed by atoms with Crippen LogP contribution in [0.3, 0.4) is 0 Å². The molecule has 148 valence electrons. The number of rotatable bonds is 6. The lowest BCUT2D eigenvalue weighted by Gasteiger charge is -2.10. The van der Waals surface area contributed by atoms with Gasteiger partial charge in [-0.25, -0.2) is 4.79 Å². The highest BCUT2D eigenvalue weighted by molar-refractivity contribution is 5.96. The van der Waals surface area contributed by atoms with Gasteiger partial charge in [-0.1, -0.05) is 12.1 Å². The second-order valence-electron chi connectivity index (χ2n) is 6.50. The third-order valence-corrected chi connectivity index (χ3v) is 4.32. The molecule has 4 aromatic rings. The monoisotopic (exact) mass is 398 g/mol. The molecule has 2 heterocycles. The molecule has 0 atom stereocenters. The lowest BCUT2D eigenvalue weighted by molar-refractivity contribution is -0.114. The third-order valence-electron chi connectivity index (χ3n) is 4.32. The molecule has 0 saturated heterocycles. The Kier molecular flexibility index (Phi) is 5.61. The van der Waals surface area contributed by atoms with Crippen LogP contribution in [0, 0.1) is 0 Å². The van der Waals surface area contributed by atoms with Crippen LogP contribution in [-0.4, -0.2) is 28.4 Å². The van der Waals surface area contributed by atoms with Gasteiger partial charge in [-0.2, -0.15) is 0 Å². The molecule has 2 aromatic carbocycles. The molecule has 0 unspecified atom stereocenters. The van der Waals surface area contributed by atoms with E-state index in [1.165, 1.54) is 6.20 Å². The van der Waals surface area contributed by atoms with Crippen molar-refractivity contribution in [3.8, 4) is 5.75 Å². The van der Waals surface area contributed by atoms with E-state index in [1.807, 2.05) is 24.3 Å². The summed E-state index contributed by atoms with van der Waals surface area (Å²) in [6.07, 6.45) is 6.55. The average Bonchev–Trinajstić information content (AvgIpc) is 2.78. The molecular weight excluding hydrogens is 380 g/mol. The van der Waals surface area contributed by atoms with Crippen LogP contribution in [0.15, 0.2) is 85.5 Å². The average molecular weight is 398 g/mol. The summed E-state index contributed by atoms with van der Waals surface area (Å²) < 4.78 is 5.28. The van der Waals surface area contributed by atoms with Gasteiger partial charge in [-0.05, 0) is 53.9 Å². The molecule has 0 bridgehead atoms. The first-order valence-electron chi connectivity index (χ1n) is 9.27. The van der Waals surface area contributed by atoms with Crippen LogP contribution in [0.1, 0.15) is 10.4 Å². The number of fused-ring (bicyclic) bond motifs is 1. The summed E-state index contributed by atoms with van der Waals surface area (Å²) in [5, 5.41) is 7.87. The molecule has 4 rings (SSSR count). The molecule has 0 aliphatic heterocycles. The zero-order chi connectivity index (χ0) is 20.8. The number of nitrogens with zero attached hydrogens (tertiary/aromatic N) is 2. The van der Waals surface area contributed by atoms with Crippen molar-refractivity contribution in [3.63, 3.8) is 0 Å². The fourth-order valence-corrected chi connectivity index (χ4v) is 2.88. The first-order chi connectivity index (χ1) is 14.7. The smallest absolute Gasteiger partial charge is 0.343 e. The van der Waals surface area contributed by atoms with Crippen molar-refractivity contribution in [2.75, 3.05) is 17.2 Å². The maximum Gasteiger partial charge on any atom is 0.343 e. The highest BCUT2D eigenvalue weighted by Crippen LogP contribution is 2.18. The number of anilines is 2. The standard InChI is InChI=1S/C23H18N4O3/c28-22(27-20-7-6-18-13-25-10-8-16(18)11-20)15-26-19-4-1-3-17(12-19)23(29)30-21-5-2-9-24-14-21/h1-14,26H,15H2,(H,27,28). The summed E-state index contributed by atoms with van der Waals surface area (Å²) in [4.78, 5) is 32.6. The molecule has 0 aliphatic carbocycles. The van der Waals surface area contributed by atoms with Gasteiger partial charge in [0.15, 0.2) is 0 Å². The van der Waals surface area contributed by atoms with E-state index < -0.39 is 5.97 Å². The van der Waals surface area contributed by atoms with Crippen molar-refractivity contribution >= 4 is 34.0 Å². The lowest BCUT2D eigenvalue weighted by atomic mass is 10.1. The van der Waals surface area contributed by atoms with Crippen molar-refractivity contribution in [3.05, 3.63) is 91.0 Å². The summed E-state index contributed by atoms with van der Waals surface area (Å²) in [7, 11) is 0. The van der Waals surface area contributed by atoms with Gasteiger partial charge in [0.05, 0.1) is 18.3 Å². The summed E-state index contributed by atoms with van der Waals surface area (Å²) in [5.74, 6) is -0.333. The number of benzene rings is 2. The van der Waals surface area contributed by atoms with E-state index in [-0.39, 0.29) is 12.5 Å². The topological polar surface area (TPSA) is 93.2 Å². The van der Waals surface area contributed by atoms with Crippen LogP contribution < -0.4 is 15.4 Å². The lowest BCUT2D eigenvalue weighted by Crippen LogP contribution is -2.21. The minimum atomic E-state index is -0.498. The molecule has 1 amide bonds. The third kappa shape index (κ3) is 4.77. The van der Waals surface area contributed by atoms with Crippen LogP contribution in [-0.2, 0) is 4.79 Å². The molecule has 7 nitrogen and oxygen atoms in total. The number of ether oxygens (including phenoxy) is 1. The number of pyridine rings is 2. The Balaban J connectivity index is 1.35. The number of hydrogen-bond acceptors (Lipinski definition) is 6. The predicted molar refractivity (Wildman–Crippen MR) is 114 cm³/mol. The van der Waals surface area contributed by atoms with Gasteiger partial charge in [-0.15, -0.1) is 0 Å². The Morgan fingerprint density at radius 3 is 2.60 bits per heavy atom. The second-order valence-corrected chi connectivity index (χ2v) is 6.50. The molecule has 30 heavy (non-hydrogen) atoms. The molecule has 0 aliphatic rings. The quantitative estimate of drug-likeness (QED) is 0.479. The molecular formula is C23H18N4O3. The normalized spacial score (nSPS) is 10.4. The van der Waals surface area contributed by atoms with Crippen molar-refractivity contribution in [1.29, 1.82) is 0 Å². The van der Waals surface area contributed by atoms with Crippen molar-refractivity contribution in [2.45, 2.75) is 0 Å². The van der Waals surface area contributed by atoms with E-state index in [0.717, 1.165) is 10.8 Å². The first-order valence-corrected chi connectivity index (χ1v) is 9.27. The van der Waals surface area contributed by atoms with E-state index >= 15 is 0 Å². The Morgan fingerprint density at radius 2 is 1.73 bits per heavy atom. The summed E-state index contributed by atoms with van der Waals surface area (Å²) in [5.41, 5.74) is 1.71. The van der Waals surface area contributed by atoms with Gasteiger partial charge in [-0.3, -0.25) is 14.8 Å². The molecule has 0 saturated carbocycles. The number of hydrogen-bond donors (Lipinski definition) is 2. The van der Waals surface area contributed by atoms with E-state index in [4.69, 9.17) is 4.74 Å². The molecule has 0 spiro atoms. The first kappa shape index (κ1) is 19.1. The fraction of sp³-hybridized carbons (Fsp3) is 0.0435. The van der Waals surface area contributed by atoms with Gasteiger partial charge in [0.2, 0.25) is 5.91 Å². The maximum atomic E-state index is 12.3. The van der Waals surface area contributed by atoms with Gasteiger partial charge in [0.1, 0.15) is 5.75 Å². The van der Waals surface area contributed by atoms with Gasteiger partial charge >= 0.3 is 5.97 Å². The molecule has 7 heteroatoms. The number of aromatic nitrogens is 2. The molecule has 2 aromatic heterocycles. The minimum Gasteiger partial charge on any atom is -0.421 e.